The standard InChI is InChI=1S/C10H12N2O3S/c13-6-8-11-5-7(16-8)10(9(14)15)3-1-2-4-12-10/h5,11-12H,1-4H2,(H,14,15). The number of carbonyl (C=O) groups excluding carboxylic acids is 1. The number of carbonyl (C=O) groups is 1. The van der Waals surface area contributed by atoms with Crippen molar-refractivity contribution >= 4 is 23.7 Å². The maximum absolute atomic E-state index is 11.4. The summed E-state index contributed by atoms with van der Waals surface area (Å²) in [6.45, 7) is 0.685. The van der Waals surface area contributed by atoms with Crippen LogP contribution in [0.25, 0.3) is 0 Å². The summed E-state index contributed by atoms with van der Waals surface area (Å²) in [5.41, 5.74) is -1.03. The number of carboxylic acids is 1. The van der Waals surface area contributed by atoms with Crippen LogP contribution >= 0.6 is 11.8 Å². The minimum absolute atomic E-state index is 0.322. The van der Waals surface area contributed by atoms with Gasteiger partial charge < -0.3 is 10.4 Å². The summed E-state index contributed by atoms with van der Waals surface area (Å²) in [5, 5.41) is 15.4. The molecule has 0 saturated carbocycles. The minimum atomic E-state index is -1.03. The van der Waals surface area contributed by atoms with Crippen LogP contribution in [0.3, 0.4) is 0 Å². The first-order chi connectivity index (χ1) is 7.69. The summed E-state index contributed by atoms with van der Waals surface area (Å²) >= 11 is 1.14. The summed E-state index contributed by atoms with van der Waals surface area (Å²) in [6, 6.07) is 0. The Bertz CT molecular complexity index is 393. The van der Waals surface area contributed by atoms with E-state index in [0.717, 1.165) is 24.6 Å². The highest BCUT2D eigenvalue weighted by molar-refractivity contribution is 8.07. The van der Waals surface area contributed by atoms with Gasteiger partial charge in [-0.2, -0.15) is 0 Å². The molecule has 1 saturated heterocycles. The largest absolute Gasteiger partial charge is 0.480 e. The minimum Gasteiger partial charge on any atom is -0.480 e. The molecular weight excluding hydrogens is 228 g/mol. The fourth-order valence-electron chi connectivity index (χ4n) is 1.96. The number of rotatable bonds is 2. The molecule has 0 bridgehead atoms. The van der Waals surface area contributed by atoms with E-state index in [0.29, 0.717) is 22.9 Å². The van der Waals surface area contributed by atoms with Gasteiger partial charge in [0.25, 0.3) is 0 Å². The molecule has 2 aliphatic rings. The lowest BCUT2D eigenvalue weighted by Gasteiger charge is -2.34. The van der Waals surface area contributed by atoms with Crippen molar-refractivity contribution in [3.05, 3.63) is 16.1 Å². The molecule has 0 aliphatic carbocycles. The zero-order chi connectivity index (χ0) is 11.6. The topological polar surface area (TPSA) is 78.4 Å². The van der Waals surface area contributed by atoms with Crippen LogP contribution in [0, 0.1) is 0 Å². The molecule has 5 nitrogen and oxygen atoms in total. The van der Waals surface area contributed by atoms with Gasteiger partial charge in [0.05, 0.1) is 0 Å². The average molecular weight is 240 g/mol. The van der Waals surface area contributed by atoms with E-state index in [1.807, 2.05) is 0 Å². The van der Waals surface area contributed by atoms with E-state index in [1.54, 1.807) is 12.1 Å². The Morgan fingerprint density at radius 1 is 1.56 bits per heavy atom. The number of carboxylic acid groups (broad SMARTS) is 1. The van der Waals surface area contributed by atoms with Crippen LogP contribution < -0.4 is 10.6 Å². The quantitative estimate of drug-likeness (QED) is 0.608. The molecule has 2 rings (SSSR count). The Hall–Kier alpha value is -1.23. The van der Waals surface area contributed by atoms with Crippen LogP contribution in [-0.4, -0.2) is 29.1 Å². The number of piperidine rings is 1. The van der Waals surface area contributed by atoms with E-state index in [4.69, 9.17) is 0 Å². The maximum Gasteiger partial charge on any atom is 0.329 e. The van der Waals surface area contributed by atoms with Crippen molar-refractivity contribution in [2.75, 3.05) is 6.54 Å². The van der Waals surface area contributed by atoms with E-state index in [9.17, 15) is 14.7 Å². The maximum atomic E-state index is 11.4. The van der Waals surface area contributed by atoms with Crippen LogP contribution in [0.5, 0.6) is 0 Å². The molecule has 0 aromatic rings. The molecule has 1 fully saturated rings. The smallest absolute Gasteiger partial charge is 0.329 e. The van der Waals surface area contributed by atoms with Gasteiger partial charge in [0.2, 0.25) is 0 Å². The summed E-state index contributed by atoms with van der Waals surface area (Å²) in [5.74, 6) is 0.846. The first-order valence-electron chi connectivity index (χ1n) is 5.07. The second-order valence-corrected chi connectivity index (χ2v) is 4.83. The van der Waals surface area contributed by atoms with Crippen molar-refractivity contribution in [1.82, 2.24) is 10.6 Å². The molecule has 0 spiro atoms. The highest BCUT2D eigenvalue weighted by Gasteiger charge is 2.45. The van der Waals surface area contributed by atoms with Crippen molar-refractivity contribution in [1.29, 1.82) is 0 Å². The van der Waals surface area contributed by atoms with Gasteiger partial charge in [0, 0.05) is 11.1 Å². The Morgan fingerprint density at radius 3 is 2.88 bits per heavy atom. The van der Waals surface area contributed by atoms with Gasteiger partial charge in [-0.1, -0.05) is 11.8 Å². The molecule has 6 heteroatoms. The Morgan fingerprint density at radius 2 is 2.38 bits per heavy atom. The third-order valence-electron chi connectivity index (χ3n) is 2.83. The Kier molecular flexibility index (Phi) is 3.05. The van der Waals surface area contributed by atoms with Gasteiger partial charge in [0.1, 0.15) is 5.54 Å². The lowest BCUT2D eigenvalue weighted by molar-refractivity contribution is -0.143. The van der Waals surface area contributed by atoms with Crippen LogP contribution in [0.15, 0.2) is 16.1 Å². The molecule has 1 atom stereocenters. The first kappa shape index (κ1) is 11.3. The highest BCUT2D eigenvalue weighted by Crippen LogP contribution is 2.39. The van der Waals surface area contributed by atoms with Crippen LogP contribution in [-0.2, 0) is 9.59 Å². The van der Waals surface area contributed by atoms with Crippen molar-refractivity contribution < 1.29 is 14.7 Å². The molecular formula is C10H12N2O3S. The molecule has 0 amide bonds. The summed E-state index contributed by atoms with van der Waals surface area (Å²) in [4.78, 5) is 22.5. The number of hydrogen-bond acceptors (Lipinski definition) is 5. The van der Waals surface area contributed by atoms with Crippen molar-refractivity contribution in [2.45, 2.75) is 24.8 Å². The molecule has 2 heterocycles. The van der Waals surface area contributed by atoms with Gasteiger partial charge in [-0.25, -0.2) is 9.59 Å². The highest BCUT2D eigenvalue weighted by atomic mass is 32.2. The lowest BCUT2D eigenvalue weighted by atomic mass is 9.88. The molecule has 0 aromatic heterocycles. The van der Waals surface area contributed by atoms with Gasteiger partial charge >= 0.3 is 5.97 Å². The molecule has 3 N–H and O–H groups in total. The average Bonchev–Trinajstić information content (AvgIpc) is 2.78. The zero-order valence-corrected chi connectivity index (χ0v) is 9.39. The first-order valence-corrected chi connectivity index (χ1v) is 5.89. The monoisotopic (exact) mass is 240 g/mol. The molecule has 16 heavy (non-hydrogen) atoms. The van der Waals surface area contributed by atoms with E-state index < -0.39 is 11.5 Å². The van der Waals surface area contributed by atoms with E-state index in [1.165, 1.54) is 0 Å². The van der Waals surface area contributed by atoms with Gasteiger partial charge in [-0.05, 0) is 25.8 Å². The SMILES string of the molecule is O=C=C1NC=C(C2(C(=O)O)CCCCN2)S1. The lowest BCUT2D eigenvalue weighted by Crippen LogP contribution is -2.55. The van der Waals surface area contributed by atoms with E-state index in [2.05, 4.69) is 10.6 Å². The second kappa shape index (κ2) is 4.33. The number of thioether (sulfide) groups is 1. The van der Waals surface area contributed by atoms with Crippen LogP contribution in [0.2, 0.25) is 0 Å². The number of aliphatic carboxylic acids is 1. The fraction of sp³-hybridized carbons (Fsp3) is 0.500. The van der Waals surface area contributed by atoms with Crippen molar-refractivity contribution in [2.24, 2.45) is 0 Å². The Labute approximate surface area is 97.0 Å². The van der Waals surface area contributed by atoms with E-state index >= 15 is 0 Å². The predicted molar refractivity (Wildman–Crippen MR) is 60.2 cm³/mol. The fourth-order valence-corrected chi connectivity index (χ4v) is 2.90. The Balaban J connectivity index is 2.27. The molecule has 2 aliphatic heterocycles. The van der Waals surface area contributed by atoms with Crippen LogP contribution in [0.1, 0.15) is 19.3 Å². The van der Waals surface area contributed by atoms with Gasteiger partial charge in [0.15, 0.2) is 11.0 Å². The van der Waals surface area contributed by atoms with Crippen molar-refractivity contribution in [3.63, 3.8) is 0 Å². The third-order valence-corrected chi connectivity index (χ3v) is 3.92. The molecule has 0 radical (unpaired) electrons. The molecule has 1 unspecified atom stereocenters. The summed E-state index contributed by atoms with van der Waals surface area (Å²) < 4.78 is 0. The normalized spacial score (nSPS) is 29.2. The zero-order valence-electron chi connectivity index (χ0n) is 8.58. The van der Waals surface area contributed by atoms with Gasteiger partial charge in [-0.15, -0.1) is 0 Å². The third kappa shape index (κ3) is 1.75. The molecule has 86 valence electrons. The summed E-state index contributed by atoms with van der Waals surface area (Å²) in [7, 11) is 0. The van der Waals surface area contributed by atoms with Crippen molar-refractivity contribution in [3.8, 4) is 0 Å². The summed E-state index contributed by atoms with van der Waals surface area (Å²) in [6.07, 6.45) is 3.99. The van der Waals surface area contributed by atoms with Crippen LogP contribution in [0.4, 0.5) is 0 Å². The van der Waals surface area contributed by atoms with Gasteiger partial charge in [-0.3, -0.25) is 5.32 Å². The predicted octanol–water partition coefficient (Wildman–Crippen LogP) is 0.434. The van der Waals surface area contributed by atoms with E-state index in [-0.39, 0.29) is 0 Å². The molecule has 0 aromatic carbocycles. The number of nitrogens with one attached hydrogen (secondary N) is 2. The number of hydrogen-bond donors (Lipinski definition) is 3. The second-order valence-electron chi connectivity index (χ2n) is 3.78.